The van der Waals surface area contributed by atoms with Crippen LogP contribution in [0.25, 0.3) is 0 Å². The normalized spacial score (nSPS) is 12.5. The minimum absolute atomic E-state index is 0.120. The zero-order chi connectivity index (χ0) is 16.2. The van der Waals surface area contributed by atoms with Gasteiger partial charge in [0.25, 0.3) is 10.0 Å². The van der Waals surface area contributed by atoms with Gasteiger partial charge >= 0.3 is 0 Å². The maximum Gasteiger partial charge on any atom is 0.276 e. The van der Waals surface area contributed by atoms with Gasteiger partial charge in [0.2, 0.25) is 0 Å². The van der Waals surface area contributed by atoms with Crippen molar-refractivity contribution in [3.8, 4) is 0 Å². The predicted molar refractivity (Wildman–Crippen MR) is 90.0 cm³/mol. The first kappa shape index (κ1) is 16.8. The van der Waals surface area contributed by atoms with E-state index in [0.717, 1.165) is 5.56 Å². The van der Waals surface area contributed by atoms with E-state index in [0.29, 0.717) is 5.56 Å². The summed E-state index contributed by atoms with van der Waals surface area (Å²) in [4.78, 5) is 1.33. The lowest BCUT2D eigenvalue weighted by Gasteiger charge is -2.09. The van der Waals surface area contributed by atoms with E-state index < -0.39 is 14.9 Å². The molecule has 22 heavy (non-hydrogen) atoms. The van der Waals surface area contributed by atoms with Crippen LogP contribution in [0.2, 0.25) is 0 Å². The Bertz CT molecular complexity index is 758. The van der Waals surface area contributed by atoms with Gasteiger partial charge in [-0.3, -0.25) is 0 Å². The molecular formula is C15H14Cl2N2O2S. The number of rotatable bonds is 5. The second kappa shape index (κ2) is 7.13. The van der Waals surface area contributed by atoms with E-state index >= 15 is 0 Å². The number of nitrogens with one attached hydrogen (secondary N) is 1. The Balaban J connectivity index is 2.29. The molecule has 0 atom stereocenters. The molecule has 0 aliphatic heterocycles. The Morgan fingerprint density at radius 3 is 2.18 bits per heavy atom. The van der Waals surface area contributed by atoms with Crippen LogP contribution < -0.4 is 4.83 Å². The minimum atomic E-state index is -3.77. The lowest BCUT2D eigenvalue weighted by Crippen LogP contribution is -2.23. The molecule has 0 saturated heterocycles. The minimum Gasteiger partial charge on any atom is -0.200 e. The number of hydrogen-bond acceptors (Lipinski definition) is 3. The highest BCUT2D eigenvalue weighted by Gasteiger charge is 2.16. The summed E-state index contributed by atoms with van der Waals surface area (Å²) >= 11 is 11.7. The molecule has 2 aromatic rings. The van der Waals surface area contributed by atoms with Gasteiger partial charge in [0.15, 0.2) is 4.84 Å². The first-order valence-electron chi connectivity index (χ1n) is 6.40. The average molecular weight is 357 g/mol. The molecule has 0 spiro atoms. The van der Waals surface area contributed by atoms with Crippen LogP contribution in [0.3, 0.4) is 0 Å². The number of halogens is 2. The second-order valence-electron chi connectivity index (χ2n) is 4.57. The van der Waals surface area contributed by atoms with Gasteiger partial charge in [-0.15, -0.1) is 0 Å². The summed E-state index contributed by atoms with van der Waals surface area (Å²) in [6.45, 7) is 1.88. The van der Waals surface area contributed by atoms with Crippen molar-refractivity contribution in [1.82, 2.24) is 4.83 Å². The fourth-order valence-electron chi connectivity index (χ4n) is 1.73. The van der Waals surface area contributed by atoms with Crippen LogP contribution in [0.15, 0.2) is 64.6 Å². The van der Waals surface area contributed by atoms with E-state index in [1.165, 1.54) is 12.1 Å². The SMILES string of the molecule is Cc1ccc(S(=O)(=O)NN=C(c2ccccc2)C(Cl)Cl)cc1. The summed E-state index contributed by atoms with van der Waals surface area (Å²) in [6, 6.07) is 15.3. The third-order valence-corrected chi connectivity index (χ3v) is 4.53. The third kappa shape index (κ3) is 4.22. The fraction of sp³-hybridized carbons (Fsp3) is 0.133. The molecule has 0 heterocycles. The summed E-state index contributed by atoms with van der Waals surface area (Å²) in [5.74, 6) is 0. The molecule has 0 aliphatic rings. The van der Waals surface area contributed by atoms with E-state index in [2.05, 4.69) is 9.93 Å². The highest BCUT2D eigenvalue weighted by molar-refractivity contribution is 7.89. The molecule has 4 nitrogen and oxygen atoms in total. The molecule has 0 radical (unpaired) electrons. The lowest BCUT2D eigenvalue weighted by atomic mass is 10.1. The van der Waals surface area contributed by atoms with E-state index in [4.69, 9.17) is 23.2 Å². The number of aryl methyl sites for hydroxylation is 1. The van der Waals surface area contributed by atoms with Gasteiger partial charge in [0.1, 0.15) is 5.71 Å². The molecule has 2 aromatic carbocycles. The van der Waals surface area contributed by atoms with Crippen molar-refractivity contribution in [2.45, 2.75) is 16.7 Å². The number of alkyl halides is 2. The Hall–Kier alpha value is -1.56. The van der Waals surface area contributed by atoms with E-state index in [1.807, 2.05) is 13.0 Å². The van der Waals surface area contributed by atoms with Crippen molar-refractivity contribution in [1.29, 1.82) is 0 Å². The summed E-state index contributed by atoms with van der Waals surface area (Å²) in [5.41, 5.74) is 1.85. The molecular weight excluding hydrogens is 343 g/mol. The monoisotopic (exact) mass is 356 g/mol. The van der Waals surface area contributed by atoms with Crippen molar-refractivity contribution in [3.63, 3.8) is 0 Å². The van der Waals surface area contributed by atoms with Gasteiger partial charge in [-0.1, -0.05) is 71.2 Å². The third-order valence-electron chi connectivity index (χ3n) is 2.89. The molecule has 0 bridgehead atoms. The number of hydrogen-bond donors (Lipinski definition) is 1. The van der Waals surface area contributed by atoms with Crippen molar-refractivity contribution >= 4 is 38.9 Å². The Labute approximate surface area is 139 Å². The van der Waals surface area contributed by atoms with Crippen molar-refractivity contribution < 1.29 is 8.42 Å². The van der Waals surface area contributed by atoms with Crippen molar-refractivity contribution in [2.24, 2.45) is 5.10 Å². The van der Waals surface area contributed by atoms with Crippen LogP contribution in [0.4, 0.5) is 0 Å². The molecule has 0 amide bonds. The maximum atomic E-state index is 12.2. The lowest BCUT2D eigenvalue weighted by molar-refractivity contribution is 0.584. The topological polar surface area (TPSA) is 58.5 Å². The van der Waals surface area contributed by atoms with E-state index in [9.17, 15) is 8.42 Å². The van der Waals surface area contributed by atoms with Gasteiger partial charge in [0, 0.05) is 5.56 Å². The van der Waals surface area contributed by atoms with Crippen LogP contribution in [-0.4, -0.2) is 19.0 Å². The molecule has 7 heteroatoms. The Morgan fingerprint density at radius 2 is 1.64 bits per heavy atom. The van der Waals surface area contributed by atoms with Crippen molar-refractivity contribution in [3.05, 3.63) is 65.7 Å². The van der Waals surface area contributed by atoms with Crippen LogP contribution in [0, 0.1) is 6.92 Å². The first-order valence-corrected chi connectivity index (χ1v) is 8.75. The molecule has 0 aromatic heterocycles. The number of sulfonamides is 1. The fourth-order valence-corrected chi connectivity index (χ4v) is 2.90. The quantitative estimate of drug-likeness (QED) is 0.506. The van der Waals surface area contributed by atoms with E-state index in [1.54, 1.807) is 36.4 Å². The van der Waals surface area contributed by atoms with Gasteiger partial charge in [-0.2, -0.15) is 18.4 Å². The summed E-state index contributed by atoms with van der Waals surface area (Å²) < 4.78 is 24.4. The Kier molecular flexibility index (Phi) is 5.45. The van der Waals surface area contributed by atoms with Crippen LogP contribution in [0.5, 0.6) is 0 Å². The summed E-state index contributed by atoms with van der Waals surface area (Å²) in [6.07, 6.45) is 0. The predicted octanol–water partition coefficient (Wildman–Crippen LogP) is 3.48. The molecule has 0 saturated carbocycles. The molecule has 1 N–H and O–H groups in total. The van der Waals surface area contributed by atoms with Gasteiger partial charge < -0.3 is 0 Å². The first-order chi connectivity index (χ1) is 10.4. The van der Waals surface area contributed by atoms with Crippen LogP contribution >= 0.6 is 23.2 Å². The van der Waals surface area contributed by atoms with E-state index in [-0.39, 0.29) is 10.6 Å². The zero-order valence-corrected chi connectivity index (χ0v) is 14.0. The second-order valence-corrected chi connectivity index (χ2v) is 7.33. The molecule has 0 aliphatic carbocycles. The standard InChI is InChI=1S/C15H14Cl2N2O2S/c1-11-7-9-13(10-8-11)22(20,21)19-18-14(15(16)17)12-5-3-2-4-6-12/h2-10,15,19H,1H3. The average Bonchev–Trinajstić information content (AvgIpc) is 2.48. The smallest absolute Gasteiger partial charge is 0.200 e. The van der Waals surface area contributed by atoms with Crippen LogP contribution in [-0.2, 0) is 10.0 Å². The number of nitrogens with zero attached hydrogens (tertiary/aromatic N) is 1. The molecule has 0 unspecified atom stereocenters. The molecule has 116 valence electrons. The Morgan fingerprint density at radius 1 is 1.05 bits per heavy atom. The maximum absolute atomic E-state index is 12.2. The molecule has 2 rings (SSSR count). The number of benzene rings is 2. The number of hydrazone groups is 1. The van der Waals surface area contributed by atoms with Gasteiger partial charge in [-0.25, -0.2) is 0 Å². The van der Waals surface area contributed by atoms with Gasteiger partial charge in [-0.05, 0) is 19.1 Å². The summed E-state index contributed by atoms with van der Waals surface area (Å²) in [7, 11) is -3.77. The highest BCUT2D eigenvalue weighted by Crippen LogP contribution is 2.14. The highest BCUT2D eigenvalue weighted by atomic mass is 35.5. The molecule has 0 fully saturated rings. The van der Waals surface area contributed by atoms with Gasteiger partial charge in [0.05, 0.1) is 4.90 Å². The zero-order valence-electron chi connectivity index (χ0n) is 11.7. The largest absolute Gasteiger partial charge is 0.276 e. The van der Waals surface area contributed by atoms with Crippen molar-refractivity contribution in [2.75, 3.05) is 0 Å². The summed E-state index contributed by atoms with van der Waals surface area (Å²) in [5, 5.41) is 3.88. The van der Waals surface area contributed by atoms with Crippen LogP contribution in [0.1, 0.15) is 11.1 Å².